The number of benzene rings is 1. The highest BCUT2D eigenvalue weighted by Crippen LogP contribution is 2.29. The number of esters is 1. The van der Waals surface area contributed by atoms with Gasteiger partial charge in [-0.3, -0.25) is 0 Å². The Hall–Kier alpha value is -2.97. The van der Waals surface area contributed by atoms with Gasteiger partial charge in [-0.15, -0.1) is 0 Å². The number of hydrogen-bond acceptors (Lipinski definition) is 5. The summed E-state index contributed by atoms with van der Waals surface area (Å²) in [5.41, 5.74) is 0.223. The van der Waals surface area contributed by atoms with Gasteiger partial charge in [0.25, 0.3) is 5.78 Å². The number of hydrogen-bond donors (Lipinski definition) is 0. The van der Waals surface area contributed by atoms with Gasteiger partial charge in [0.05, 0.1) is 16.8 Å². The first-order chi connectivity index (χ1) is 11.9. The van der Waals surface area contributed by atoms with Crippen LogP contribution in [0.5, 0.6) is 0 Å². The molecule has 0 amide bonds. The van der Waals surface area contributed by atoms with Gasteiger partial charge in [-0.1, -0.05) is 19.1 Å². The lowest BCUT2D eigenvalue weighted by atomic mass is 10.1. The summed E-state index contributed by atoms with van der Waals surface area (Å²) < 4.78 is 44.7. The minimum Gasteiger partial charge on any atom is -0.457 e. The molecule has 6 nitrogen and oxygen atoms in total. The fourth-order valence-electron chi connectivity index (χ4n) is 2.40. The molecule has 25 heavy (non-hydrogen) atoms. The Labute approximate surface area is 140 Å². The largest absolute Gasteiger partial charge is 0.457 e. The highest BCUT2D eigenvalue weighted by Gasteiger charge is 2.30. The Kier molecular flexibility index (Phi) is 4.39. The topological polar surface area (TPSA) is 69.4 Å². The summed E-state index contributed by atoms with van der Waals surface area (Å²) in [4.78, 5) is 20.2. The van der Waals surface area contributed by atoms with Gasteiger partial charge in [0.1, 0.15) is 12.9 Å². The lowest BCUT2D eigenvalue weighted by Crippen LogP contribution is -2.13. The van der Waals surface area contributed by atoms with Crippen molar-refractivity contribution in [2.45, 2.75) is 26.1 Å². The first-order valence-electron chi connectivity index (χ1n) is 7.41. The zero-order valence-electron chi connectivity index (χ0n) is 13.1. The minimum absolute atomic E-state index is 0.201. The summed E-state index contributed by atoms with van der Waals surface area (Å²) in [5.74, 6) is -0.328. The Bertz CT molecular complexity index is 921. The fourth-order valence-corrected chi connectivity index (χ4v) is 2.40. The SMILES string of the molecule is CCc1c(C(=O)OCc2cccc(C(F)(F)F)c2)cnc2ncnn12. The molecule has 0 saturated heterocycles. The highest BCUT2D eigenvalue weighted by atomic mass is 19.4. The van der Waals surface area contributed by atoms with Crippen molar-refractivity contribution in [3.63, 3.8) is 0 Å². The minimum atomic E-state index is -4.45. The predicted molar refractivity (Wildman–Crippen MR) is 80.7 cm³/mol. The van der Waals surface area contributed by atoms with Crippen LogP contribution in [0.25, 0.3) is 5.78 Å². The molecule has 0 aliphatic heterocycles. The van der Waals surface area contributed by atoms with Crippen molar-refractivity contribution in [3.05, 3.63) is 59.2 Å². The number of carbonyl (C=O) groups excluding carboxylic acids is 1. The molecule has 0 unspecified atom stereocenters. The van der Waals surface area contributed by atoms with Crippen LogP contribution in [0.15, 0.2) is 36.8 Å². The predicted octanol–water partition coefficient (Wildman–Crippen LogP) is 3.06. The molecule has 0 aliphatic carbocycles. The third-order valence-electron chi connectivity index (χ3n) is 3.58. The van der Waals surface area contributed by atoms with Crippen LogP contribution in [0, 0.1) is 0 Å². The van der Waals surface area contributed by atoms with E-state index in [2.05, 4.69) is 15.1 Å². The summed E-state index contributed by atoms with van der Waals surface area (Å²) in [7, 11) is 0. The number of aromatic nitrogens is 4. The number of halogens is 3. The van der Waals surface area contributed by atoms with Gasteiger partial charge in [0.2, 0.25) is 0 Å². The second-order valence-corrected chi connectivity index (χ2v) is 5.22. The van der Waals surface area contributed by atoms with E-state index in [-0.39, 0.29) is 17.7 Å². The van der Waals surface area contributed by atoms with E-state index in [0.717, 1.165) is 12.1 Å². The molecule has 0 fully saturated rings. The van der Waals surface area contributed by atoms with E-state index in [9.17, 15) is 18.0 Å². The van der Waals surface area contributed by atoms with Crippen molar-refractivity contribution >= 4 is 11.7 Å². The average Bonchev–Trinajstić information content (AvgIpc) is 3.07. The Balaban J connectivity index is 1.79. The van der Waals surface area contributed by atoms with Crippen LogP contribution in [0.4, 0.5) is 13.2 Å². The zero-order chi connectivity index (χ0) is 18.0. The second kappa shape index (κ2) is 6.50. The molecule has 2 heterocycles. The Morgan fingerprint density at radius 1 is 1.28 bits per heavy atom. The molecule has 0 N–H and O–H groups in total. The van der Waals surface area contributed by atoms with Crippen LogP contribution >= 0.6 is 0 Å². The standard InChI is InChI=1S/C16H13F3N4O2/c1-2-13-12(7-20-15-21-9-22-23(13)15)14(24)25-8-10-4-3-5-11(6-10)16(17,18)19/h3-7,9H,2,8H2,1H3. The van der Waals surface area contributed by atoms with E-state index < -0.39 is 17.7 Å². The second-order valence-electron chi connectivity index (χ2n) is 5.22. The van der Waals surface area contributed by atoms with Gasteiger partial charge in [-0.25, -0.2) is 14.3 Å². The molecule has 0 saturated carbocycles. The molecule has 0 aliphatic rings. The van der Waals surface area contributed by atoms with Gasteiger partial charge in [0, 0.05) is 6.20 Å². The molecule has 0 radical (unpaired) electrons. The number of alkyl halides is 3. The van der Waals surface area contributed by atoms with Crippen LogP contribution in [-0.4, -0.2) is 25.6 Å². The molecule has 1 aromatic carbocycles. The lowest BCUT2D eigenvalue weighted by molar-refractivity contribution is -0.137. The Morgan fingerprint density at radius 3 is 2.80 bits per heavy atom. The number of ether oxygens (including phenoxy) is 1. The van der Waals surface area contributed by atoms with E-state index in [1.165, 1.54) is 29.2 Å². The van der Waals surface area contributed by atoms with Gasteiger partial charge >= 0.3 is 12.1 Å². The number of fused-ring (bicyclic) bond motifs is 1. The number of nitrogens with zero attached hydrogens (tertiary/aromatic N) is 4. The highest BCUT2D eigenvalue weighted by molar-refractivity contribution is 5.90. The van der Waals surface area contributed by atoms with Crippen molar-refractivity contribution in [1.82, 2.24) is 19.6 Å². The fraction of sp³-hybridized carbons (Fsp3) is 0.250. The third kappa shape index (κ3) is 3.44. The quantitative estimate of drug-likeness (QED) is 0.677. The van der Waals surface area contributed by atoms with Gasteiger partial charge in [0.15, 0.2) is 0 Å². The molecule has 3 rings (SSSR count). The zero-order valence-corrected chi connectivity index (χ0v) is 13.1. The number of aryl methyl sites for hydroxylation is 1. The summed E-state index contributed by atoms with van der Waals surface area (Å²) in [6, 6.07) is 4.64. The Morgan fingerprint density at radius 2 is 2.08 bits per heavy atom. The summed E-state index contributed by atoms with van der Waals surface area (Å²) in [6.07, 6.45) is -1.32. The van der Waals surface area contributed by atoms with Crippen LogP contribution in [0.1, 0.15) is 34.1 Å². The summed E-state index contributed by atoms with van der Waals surface area (Å²) in [6.45, 7) is 1.56. The first-order valence-corrected chi connectivity index (χ1v) is 7.41. The third-order valence-corrected chi connectivity index (χ3v) is 3.58. The van der Waals surface area contributed by atoms with E-state index in [1.54, 1.807) is 0 Å². The smallest absolute Gasteiger partial charge is 0.416 e. The average molecular weight is 350 g/mol. The molecular weight excluding hydrogens is 337 g/mol. The first kappa shape index (κ1) is 16.9. The molecular formula is C16H13F3N4O2. The number of rotatable bonds is 4. The molecule has 0 bridgehead atoms. The van der Waals surface area contributed by atoms with Crippen molar-refractivity contribution in [2.75, 3.05) is 0 Å². The van der Waals surface area contributed by atoms with Crippen molar-refractivity contribution in [1.29, 1.82) is 0 Å². The van der Waals surface area contributed by atoms with Gasteiger partial charge in [-0.2, -0.15) is 23.3 Å². The van der Waals surface area contributed by atoms with Crippen LogP contribution in [-0.2, 0) is 23.9 Å². The van der Waals surface area contributed by atoms with Gasteiger partial charge in [-0.05, 0) is 24.1 Å². The van der Waals surface area contributed by atoms with Crippen molar-refractivity contribution in [3.8, 4) is 0 Å². The van der Waals surface area contributed by atoms with E-state index in [0.29, 0.717) is 17.9 Å². The summed E-state index contributed by atoms with van der Waals surface area (Å²) >= 11 is 0. The maximum atomic E-state index is 12.7. The molecule has 0 spiro atoms. The van der Waals surface area contributed by atoms with Crippen molar-refractivity contribution < 1.29 is 22.7 Å². The molecule has 3 aromatic rings. The number of carbonyl (C=O) groups is 1. The molecule has 130 valence electrons. The monoisotopic (exact) mass is 350 g/mol. The van der Waals surface area contributed by atoms with Crippen LogP contribution in [0.3, 0.4) is 0 Å². The van der Waals surface area contributed by atoms with E-state index in [1.807, 2.05) is 6.92 Å². The molecule has 9 heteroatoms. The maximum absolute atomic E-state index is 12.7. The van der Waals surface area contributed by atoms with E-state index >= 15 is 0 Å². The molecule has 2 aromatic heterocycles. The van der Waals surface area contributed by atoms with Gasteiger partial charge < -0.3 is 4.74 Å². The lowest BCUT2D eigenvalue weighted by Gasteiger charge is -2.11. The van der Waals surface area contributed by atoms with E-state index in [4.69, 9.17) is 4.74 Å². The summed E-state index contributed by atoms with van der Waals surface area (Å²) in [5, 5.41) is 4.00. The van der Waals surface area contributed by atoms with Crippen molar-refractivity contribution in [2.24, 2.45) is 0 Å². The maximum Gasteiger partial charge on any atom is 0.416 e. The van der Waals surface area contributed by atoms with Crippen LogP contribution < -0.4 is 0 Å². The normalized spacial score (nSPS) is 11.7. The van der Waals surface area contributed by atoms with Crippen LogP contribution in [0.2, 0.25) is 0 Å². The molecule has 0 atom stereocenters.